The van der Waals surface area contributed by atoms with Crippen molar-refractivity contribution < 1.29 is 29.6 Å². The van der Waals surface area contributed by atoms with Crippen LogP contribution in [0, 0.1) is 0 Å². The van der Waals surface area contributed by atoms with Crippen molar-refractivity contribution in [1.82, 2.24) is 10.6 Å². The summed E-state index contributed by atoms with van der Waals surface area (Å²) in [5.74, 6) is -2.34. The number of ether oxygens (including phenoxy) is 1. The van der Waals surface area contributed by atoms with Crippen LogP contribution in [-0.2, 0) is 16.0 Å². The smallest absolute Gasteiger partial charge is 0.347 e. The highest BCUT2D eigenvalue weighted by Gasteiger charge is 2.25. The van der Waals surface area contributed by atoms with Gasteiger partial charge in [0, 0.05) is 7.11 Å². The maximum absolute atomic E-state index is 12.8. The first kappa shape index (κ1) is 28.9. The molecule has 2 aromatic carbocycles. The van der Waals surface area contributed by atoms with Gasteiger partial charge in [0.15, 0.2) is 0 Å². The van der Waals surface area contributed by atoms with E-state index in [9.17, 15) is 24.9 Å². The molecular formula is C23H27Cl2N5O6. The number of aliphatic imine (C=N–C) groups is 2. The Balaban J connectivity index is 2.12. The number of phenolic OH excluding ortho intramolecular Hbond substituents is 1. The van der Waals surface area contributed by atoms with Crippen molar-refractivity contribution in [2.75, 3.05) is 20.3 Å². The second-order valence-corrected chi connectivity index (χ2v) is 8.26. The summed E-state index contributed by atoms with van der Waals surface area (Å²) in [6, 6.07) is 9.32. The van der Waals surface area contributed by atoms with Gasteiger partial charge >= 0.3 is 5.97 Å². The summed E-state index contributed by atoms with van der Waals surface area (Å²) >= 11 is 12.6. The second kappa shape index (κ2) is 14.2. The number of carbonyl (C=O) groups excluding carboxylic acids is 1. The number of hydrogen-bond acceptors (Lipinski definition) is 6. The van der Waals surface area contributed by atoms with E-state index in [0.29, 0.717) is 24.0 Å². The van der Waals surface area contributed by atoms with Crippen LogP contribution in [0.3, 0.4) is 0 Å². The van der Waals surface area contributed by atoms with Crippen molar-refractivity contribution in [3.8, 4) is 5.75 Å². The molecule has 2 unspecified atom stereocenters. The summed E-state index contributed by atoms with van der Waals surface area (Å²) in [6.07, 6.45) is -0.860. The molecule has 2 aromatic rings. The molecule has 0 bridgehead atoms. The van der Waals surface area contributed by atoms with Crippen LogP contribution in [0.4, 0.5) is 0 Å². The number of aliphatic hydroxyl groups is 1. The number of methoxy groups -OCH3 is 1. The minimum absolute atomic E-state index is 0.0000479. The van der Waals surface area contributed by atoms with Crippen LogP contribution in [0.5, 0.6) is 5.75 Å². The average Bonchev–Trinajstić information content (AvgIpc) is 2.81. The molecular weight excluding hydrogens is 513 g/mol. The van der Waals surface area contributed by atoms with E-state index in [4.69, 9.17) is 33.7 Å². The molecule has 0 spiro atoms. The summed E-state index contributed by atoms with van der Waals surface area (Å²) < 4.78 is 4.88. The molecule has 11 nitrogen and oxygen atoms in total. The summed E-state index contributed by atoms with van der Waals surface area (Å²) in [7, 11) is 1.48. The van der Waals surface area contributed by atoms with Crippen LogP contribution in [-0.4, -0.2) is 65.9 Å². The summed E-state index contributed by atoms with van der Waals surface area (Å²) in [6.45, 7) is 0.438. The van der Waals surface area contributed by atoms with Gasteiger partial charge in [-0.25, -0.2) is 14.8 Å². The summed E-state index contributed by atoms with van der Waals surface area (Å²) in [5.41, 5.74) is 6.36. The lowest BCUT2D eigenvalue weighted by Gasteiger charge is -2.18. The second-order valence-electron chi connectivity index (χ2n) is 7.45. The van der Waals surface area contributed by atoms with Crippen molar-refractivity contribution in [2.45, 2.75) is 25.1 Å². The van der Waals surface area contributed by atoms with Crippen molar-refractivity contribution in [2.24, 2.45) is 15.7 Å². The Morgan fingerprint density at radius 1 is 1.19 bits per heavy atom. The van der Waals surface area contributed by atoms with Crippen LogP contribution in [0.15, 0.2) is 46.4 Å². The zero-order valence-corrected chi connectivity index (χ0v) is 20.8. The predicted octanol–water partition coefficient (Wildman–Crippen LogP) is 2.08. The van der Waals surface area contributed by atoms with E-state index in [1.165, 1.54) is 31.4 Å². The number of aromatic hydroxyl groups is 1. The lowest BCUT2D eigenvalue weighted by Crippen LogP contribution is -2.52. The highest BCUT2D eigenvalue weighted by atomic mass is 35.5. The van der Waals surface area contributed by atoms with Crippen LogP contribution in [0.2, 0.25) is 10.0 Å². The molecule has 0 aliphatic heterocycles. The first-order valence-electron chi connectivity index (χ1n) is 10.7. The van der Waals surface area contributed by atoms with Crippen molar-refractivity contribution >= 4 is 47.4 Å². The fourth-order valence-electron chi connectivity index (χ4n) is 3.12. The Bertz CT molecular complexity index is 1100. The van der Waals surface area contributed by atoms with E-state index in [0.717, 1.165) is 6.34 Å². The summed E-state index contributed by atoms with van der Waals surface area (Å²) in [5, 5.41) is 34.2. The predicted molar refractivity (Wildman–Crippen MR) is 137 cm³/mol. The SMILES string of the molecule is COCCN=C(N=CN)NC(NC(=O)c1c(Cl)cc(CCC(O)c2cccc(O)c2)cc1Cl)C(=O)O. The minimum Gasteiger partial charge on any atom is -0.508 e. The van der Waals surface area contributed by atoms with Crippen LogP contribution in [0.1, 0.15) is 34.0 Å². The maximum Gasteiger partial charge on any atom is 0.347 e. The molecule has 194 valence electrons. The average molecular weight is 540 g/mol. The number of guanidine groups is 1. The highest BCUT2D eigenvalue weighted by Crippen LogP contribution is 2.29. The van der Waals surface area contributed by atoms with Gasteiger partial charge < -0.3 is 36.4 Å². The Morgan fingerprint density at radius 3 is 2.47 bits per heavy atom. The number of carbonyl (C=O) groups is 2. The van der Waals surface area contributed by atoms with Gasteiger partial charge in [-0.1, -0.05) is 35.3 Å². The number of nitrogens with one attached hydrogen (secondary N) is 2. The third kappa shape index (κ3) is 8.68. The van der Waals surface area contributed by atoms with E-state index < -0.39 is 24.1 Å². The van der Waals surface area contributed by atoms with E-state index in [2.05, 4.69) is 20.6 Å². The number of carboxylic acid groups (broad SMARTS) is 1. The molecule has 36 heavy (non-hydrogen) atoms. The molecule has 0 aromatic heterocycles. The maximum atomic E-state index is 12.8. The lowest BCUT2D eigenvalue weighted by molar-refractivity contribution is -0.139. The van der Waals surface area contributed by atoms with Gasteiger partial charge in [0.25, 0.3) is 5.91 Å². The number of halogens is 2. The van der Waals surface area contributed by atoms with Gasteiger partial charge in [-0.05, 0) is 48.2 Å². The van der Waals surface area contributed by atoms with Gasteiger partial charge in [0.05, 0.1) is 41.2 Å². The zero-order valence-electron chi connectivity index (χ0n) is 19.3. The number of aliphatic hydroxyl groups excluding tert-OH is 1. The van der Waals surface area contributed by atoms with Crippen molar-refractivity contribution in [3.63, 3.8) is 0 Å². The van der Waals surface area contributed by atoms with Crippen LogP contribution < -0.4 is 16.4 Å². The number of phenols is 1. The fourth-order valence-corrected chi connectivity index (χ4v) is 3.82. The van der Waals surface area contributed by atoms with E-state index in [-0.39, 0.29) is 40.5 Å². The third-order valence-corrected chi connectivity index (χ3v) is 5.44. The number of benzene rings is 2. The number of rotatable bonds is 11. The molecule has 2 rings (SSSR count). The molecule has 0 aliphatic rings. The van der Waals surface area contributed by atoms with E-state index >= 15 is 0 Å². The molecule has 7 N–H and O–H groups in total. The molecule has 0 aliphatic carbocycles. The number of nitrogens with two attached hydrogens (primary N) is 1. The highest BCUT2D eigenvalue weighted by molar-refractivity contribution is 6.39. The first-order chi connectivity index (χ1) is 17.2. The Kier molecular flexibility index (Phi) is 11.4. The van der Waals surface area contributed by atoms with E-state index in [1.54, 1.807) is 12.1 Å². The van der Waals surface area contributed by atoms with Crippen LogP contribution >= 0.6 is 23.2 Å². The molecule has 0 saturated carbocycles. The molecule has 2 atom stereocenters. The molecule has 1 amide bonds. The number of aryl methyl sites for hydroxylation is 1. The third-order valence-electron chi connectivity index (χ3n) is 4.84. The largest absolute Gasteiger partial charge is 0.508 e. The van der Waals surface area contributed by atoms with Gasteiger partial charge in [0.2, 0.25) is 12.1 Å². The fraction of sp³-hybridized carbons (Fsp3) is 0.304. The number of amides is 1. The molecule has 0 radical (unpaired) electrons. The minimum atomic E-state index is -1.62. The van der Waals surface area contributed by atoms with Gasteiger partial charge in [-0.3, -0.25) is 4.79 Å². The molecule has 0 saturated heterocycles. The quantitative estimate of drug-likeness (QED) is 0.109. The Morgan fingerprint density at radius 2 is 1.89 bits per heavy atom. The summed E-state index contributed by atoms with van der Waals surface area (Å²) in [4.78, 5) is 32.3. The van der Waals surface area contributed by atoms with Crippen LogP contribution in [0.25, 0.3) is 0 Å². The van der Waals surface area contributed by atoms with Crippen molar-refractivity contribution in [1.29, 1.82) is 0 Å². The molecule has 13 heteroatoms. The van der Waals surface area contributed by atoms with Crippen molar-refractivity contribution in [3.05, 3.63) is 63.1 Å². The standard InChI is InChI=1S/C23H27Cl2N5O6/c1-36-8-7-27-23(28-12-26)30-20(22(34)35)29-21(33)19-16(24)9-13(10-17(19)25)5-6-18(32)14-3-2-4-15(31)11-14/h2-4,9-12,18,20,31-32H,5-8H2,1H3,(H,29,33)(H,34,35)(H3,26,27,28,30). The number of hydrogen-bond donors (Lipinski definition) is 6. The van der Waals surface area contributed by atoms with Gasteiger partial charge in [0.1, 0.15) is 5.75 Å². The number of nitrogens with zero attached hydrogens (tertiary/aromatic N) is 2. The lowest BCUT2D eigenvalue weighted by atomic mass is 10.00. The zero-order chi connectivity index (χ0) is 26.7. The topological polar surface area (TPSA) is 179 Å². The normalized spacial score (nSPS) is 13.4. The molecule has 0 fully saturated rings. The Labute approximate surface area is 217 Å². The monoisotopic (exact) mass is 539 g/mol. The Hall–Kier alpha value is -3.38. The van der Waals surface area contributed by atoms with E-state index in [1.807, 2.05) is 0 Å². The van der Waals surface area contributed by atoms with Gasteiger partial charge in [-0.15, -0.1) is 0 Å². The molecule has 0 heterocycles. The number of carboxylic acids is 1. The first-order valence-corrected chi connectivity index (χ1v) is 11.4. The number of aliphatic carboxylic acids is 1. The van der Waals surface area contributed by atoms with Gasteiger partial charge in [-0.2, -0.15) is 0 Å².